The Morgan fingerprint density at radius 2 is 1.81 bits per heavy atom. The maximum absolute atomic E-state index is 12.7. The Morgan fingerprint density at radius 3 is 2.38 bits per heavy atom. The molecule has 8 nitrogen and oxygen atoms in total. The van der Waals surface area contributed by atoms with Crippen molar-refractivity contribution in [2.24, 2.45) is 0 Å². The van der Waals surface area contributed by atoms with E-state index in [9.17, 15) is 13.2 Å². The molecule has 26 heavy (non-hydrogen) atoms. The minimum Gasteiger partial charge on any atom is -0.324 e. The van der Waals surface area contributed by atoms with E-state index in [0.29, 0.717) is 18.8 Å². The van der Waals surface area contributed by atoms with E-state index < -0.39 is 16.1 Å². The van der Waals surface area contributed by atoms with Crippen LogP contribution in [0.1, 0.15) is 13.0 Å². The minimum absolute atomic E-state index is 0.219. The van der Waals surface area contributed by atoms with E-state index in [1.165, 1.54) is 16.4 Å². The van der Waals surface area contributed by atoms with Gasteiger partial charge in [0.1, 0.15) is 6.04 Å². The molecular weight excluding hydrogens is 354 g/mol. The van der Waals surface area contributed by atoms with Crippen molar-refractivity contribution in [2.45, 2.75) is 17.9 Å². The van der Waals surface area contributed by atoms with Crippen LogP contribution in [0.3, 0.4) is 0 Å². The summed E-state index contributed by atoms with van der Waals surface area (Å²) >= 11 is 0. The first-order valence-corrected chi connectivity index (χ1v) is 9.90. The van der Waals surface area contributed by atoms with Gasteiger partial charge in [-0.05, 0) is 44.3 Å². The van der Waals surface area contributed by atoms with E-state index in [1.807, 2.05) is 7.05 Å². The van der Waals surface area contributed by atoms with Gasteiger partial charge in [-0.25, -0.2) is 8.42 Å². The Bertz CT molecular complexity index is 841. The normalized spacial score (nSPS) is 17.8. The topological polar surface area (TPSA) is 87.5 Å². The number of piperazine rings is 1. The van der Waals surface area contributed by atoms with Gasteiger partial charge in [-0.3, -0.25) is 9.48 Å². The molecule has 1 atom stereocenters. The molecular formula is C17H23N5O3S. The first kappa shape index (κ1) is 18.6. The van der Waals surface area contributed by atoms with Crippen LogP contribution in [0.15, 0.2) is 47.6 Å². The summed E-state index contributed by atoms with van der Waals surface area (Å²) in [6, 6.07) is 7.57. The van der Waals surface area contributed by atoms with Crippen LogP contribution in [0.4, 0.5) is 5.69 Å². The monoisotopic (exact) mass is 377 g/mol. The summed E-state index contributed by atoms with van der Waals surface area (Å²) in [6.45, 7) is 4.16. The molecule has 2 heterocycles. The average molecular weight is 377 g/mol. The number of nitrogens with one attached hydrogen (secondary N) is 1. The Labute approximate surface area is 153 Å². The molecule has 1 fully saturated rings. The molecule has 1 aliphatic rings. The second-order valence-electron chi connectivity index (χ2n) is 6.38. The van der Waals surface area contributed by atoms with Gasteiger partial charge in [-0.1, -0.05) is 0 Å². The number of amides is 1. The molecule has 1 aromatic carbocycles. The van der Waals surface area contributed by atoms with Crippen molar-refractivity contribution >= 4 is 21.6 Å². The number of hydrogen-bond donors (Lipinski definition) is 1. The van der Waals surface area contributed by atoms with Crippen LogP contribution < -0.4 is 5.32 Å². The SMILES string of the molecule is CC(C(=O)Nc1ccc(S(=O)(=O)N2CCN(C)CC2)cc1)n1cccn1. The molecule has 0 radical (unpaired) electrons. The molecule has 1 N–H and O–H groups in total. The van der Waals surface area contributed by atoms with Gasteiger partial charge in [0.05, 0.1) is 4.90 Å². The Hall–Kier alpha value is -2.23. The standard InChI is InChI=1S/C17H23N5O3S/c1-14(22-9-3-8-18-22)17(23)19-15-4-6-16(7-5-15)26(24,25)21-12-10-20(2)11-13-21/h3-9,14H,10-13H2,1-2H3,(H,19,23). The van der Waals surface area contributed by atoms with Gasteiger partial charge in [0.25, 0.3) is 0 Å². The van der Waals surface area contributed by atoms with E-state index in [0.717, 1.165) is 13.1 Å². The summed E-state index contributed by atoms with van der Waals surface area (Å²) in [7, 11) is -1.52. The van der Waals surface area contributed by atoms with E-state index >= 15 is 0 Å². The lowest BCUT2D eigenvalue weighted by atomic mass is 10.2. The molecule has 0 saturated carbocycles. The van der Waals surface area contributed by atoms with Gasteiger partial charge in [-0.2, -0.15) is 9.40 Å². The Kier molecular flexibility index (Phi) is 5.40. The number of sulfonamides is 1. The highest BCUT2D eigenvalue weighted by molar-refractivity contribution is 7.89. The highest BCUT2D eigenvalue weighted by Gasteiger charge is 2.27. The van der Waals surface area contributed by atoms with Crippen molar-refractivity contribution in [3.8, 4) is 0 Å². The van der Waals surface area contributed by atoms with E-state index in [4.69, 9.17) is 0 Å². The van der Waals surface area contributed by atoms with Gasteiger partial charge in [-0.15, -0.1) is 0 Å². The van der Waals surface area contributed by atoms with E-state index in [1.54, 1.807) is 42.2 Å². The predicted molar refractivity (Wildman–Crippen MR) is 98.3 cm³/mol. The van der Waals surface area contributed by atoms with Crippen LogP contribution >= 0.6 is 0 Å². The summed E-state index contributed by atoms with van der Waals surface area (Å²) < 4.78 is 28.5. The first-order valence-electron chi connectivity index (χ1n) is 8.46. The van der Waals surface area contributed by atoms with Crippen LogP contribution in [-0.2, 0) is 14.8 Å². The Morgan fingerprint density at radius 1 is 1.15 bits per heavy atom. The van der Waals surface area contributed by atoms with Gasteiger partial charge >= 0.3 is 0 Å². The number of anilines is 1. The van der Waals surface area contributed by atoms with Crippen LogP contribution in [0.25, 0.3) is 0 Å². The highest BCUT2D eigenvalue weighted by Crippen LogP contribution is 2.20. The number of hydrogen-bond acceptors (Lipinski definition) is 5. The fourth-order valence-electron chi connectivity index (χ4n) is 2.76. The summed E-state index contributed by atoms with van der Waals surface area (Å²) in [5.41, 5.74) is 0.548. The lowest BCUT2D eigenvalue weighted by Crippen LogP contribution is -2.46. The molecule has 2 aromatic rings. The minimum atomic E-state index is -3.50. The zero-order chi connectivity index (χ0) is 18.7. The lowest BCUT2D eigenvalue weighted by molar-refractivity contribution is -0.119. The smallest absolute Gasteiger partial charge is 0.248 e. The first-order chi connectivity index (χ1) is 12.4. The third kappa shape index (κ3) is 3.95. The number of likely N-dealkylation sites (N-methyl/N-ethyl adjacent to an activating group) is 1. The zero-order valence-corrected chi connectivity index (χ0v) is 15.7. The van der Waals surface area contributed by atoms with Crippen LogP contribution in [0.2, 0.25) is 0 Å². The average Bonchev–Trinajstić information content (AvgIpc) is 3.16. The zero-order valence-electron chi connectivity index (χ0n) is 14.9. The van der Waals surface area contributed by atoms with Crippen molar-refractivity contribution in [2.75, 3.05) is 38.5 Å². The second-order valence-corrected chi connectivity index (χ2v) is 8.32. The van der Waals surface area contributed by atoms with E-state index in [2.05, 4.69) is 15.3 Å². The third-order valence-corrected chi connectivity index (χ3v) is 6.44. The third-order valence-electron chi connectivity index (χ3n) is 4.52. The lowest BCUT2D eigenvalue weighted by Gasteiger charge is -2.31. The Balaban J connectivity index is 1.67. The number of nitrogens with zero attached hydrogens (tertiary/aromatic N) is 4. The second kappa shape index (κ2) is 7.56. The molecule has 1 unspecified atom stereocenters. The molecule has 0 spiro atoms. The molecule has 1 saturated heterocycles. The molecule has 0 bridgehead atoms. The number of carbonyl (C=O) groups is 1. The van der Waals surface area contributed by atoms with Crippen LogP contribution in [0.5, 0.6) is 0 Å². The molecule has 1 aliphatic heterocycles. The molecule has 9 heteroatoms. The fraction of sp³-hybridized carbons (Fsp3) is 0.412. The maximum Gasteiger partial charge on any atom is 0.248 e. The summed E-state index contributed by atoms with van der Waals surface area (Å²) in [6.07, 6.45) is 3.33. The number of aromatic nitrogens is 2. The van der Waals surface area contributed by atoms with Gasteiger partial charge < -0.3 is 10.2 Å². The van der Waals surface area contributed by atoms with Gasteiger partial charge in [0.2, 0.25) is 15.9 Å². The quantitative estimate of drug-likeness (QED) is 0.841. The number of rotatable bonds is 5. The van der Waals surface area contributed by atoms with Crippen molar-refractivity contribution in [1.82, 2.24) is 19.0 Å². The highest BCUT2D eigenvalue weighted by atomic mass is 32.2. The van der Waals surface area contributed by atoms with E-state index in [-0.39, 0.29) is 10.8 Å². The van der Waals surface area contributed by atoms with Crippen molar-refractivity contribution < 1.29 is 13.2 Å². The molecule has 0 aliphatic carbocycles. The van der Waals surface area contributed by atoms with Gasteiger partial charge in [0, 0.05) is 44.3 Å². The van der Waals surface area contributed by atoms with Gasteiger partial charge in [0.15, 0.2) is 0 Å². The van der Waals surface area contributed by atoms with Crippen molar-refractivity contribution in [3.05, 3.63) is 42.7 Å². The molecule has 140 valence electrons. The van der Waals surface area contributed by atoms with Crippen molar-refractivity contribution in [3.63, 3.8) is 0 Å². The summed E-state index contributed by atoms with van der Waals surface area (Å²) in [5.74, 6) is -0.219. The van der Waals surface area contributed by atoms with Crippen molar-refractivity contribution in [1.29, 1.82) is 0 Å². The van der Waals surface area contributed by atoms with Crippen LogP contribution in [0, 0.1) is 0 Å². The summed E-state index contributed by atoms with van der Waals surface area (Å²) in [5, 5.41) is 6.83. The number of carbonyl (C=O) groups excluding carboxylic acids is 1. The molecule has 3 rings (SSSR count). The predicted octanol–water partition coefficient (Wildman–Crippen LogP) is 1.02. The molecule has 1 aromatic heterocycles. The molecule has 1 amide bonds. The summed E-state index contributed by atoms with van der Waals surface area (Å²) in [4.78, 5) is 14.6. The fourth-order valence-corrected chi connectivity index (χ4v) is 4.19. The number of benzene rings is 1. The van der Waals surface area contributed by atoms with Crippen LogP contribution in [-0.4, -0.2) is 66.5 Å². The largest absolute Gasteiger partial charge is 0.324 e. The maximum atomic E-state index is 12.7.